The van der Waals surface area contributed by atoms with Crippen molar-refractivity contribution >= 4 is 0 Å². The molecule has 2 unspecified atom stereocenters. The van der Waals surface area contributed by atoms with E-state index in [0.717, 1.165) is 12.5 Å². The second kappa shape index (κ2) is 5.31. The molecule has 1 fully saturated rings. The van der Waals surface area contributed by atoms with Crippen molar-refractivity contribution in [1.82, 2.24) is 4.90 Å². The molecule has 0 heterocycles. The minimum Gasteiger partial charge on any atom is -0.329 e. The molecule has 0 saturated heterocycles. The zero-order valence-corrected chi connectivity index (χ0v) is 10.9. The maximum absolute atomic E-state index is 6.07. The van der Waals surface area contributed by atoms with Gasteiger partial charge in [0, 0.05) is 18.1 Å². The topological polar surface area (TPSA) is 29.3 Å². The quantitative estimate of drug-likeness (QED) is 0.759. The molecule has 0 aromatic rings. The van der Waals surface area contributed by atoms with E-state index in [9.17, 15) is 0 Å². The highest BCUT2D eigenvalue weighted by Gasteiger charge is 2.43. The molecular formula is C13H28N2. The van der Waals surface area contributed by atoms with E-state index in [0.29, 0.717) is 6.04 Å². The molecule has 0 spiro atoms. The van der Waals surface area contributed by atoms with Crippen molar-refractivity contribution in [2.24, 2.45) is 11.7 Å². The molecule has 1 saturated carbocycles. The lowest BCUT2D eigenvalue weighted by atomic mass is 9.85. The minimum atomic E-state index is 0.288. The summed E-state index contributed by atoms with van der Waals surface area (Å²) in [4.78, 5) is 2.59. The lowest BCUT2D eigenvalue weighted by Gasteiger charge is -2.45. The molecule has 1 aliphatic rings. The van der Waals surface area contributed by atoms with E-state index < -0.39 is 0 Å². The molecule has 0 radical (unpaired) electrons. The van der Waals surface area contributed by atoms with Crippen molar-refractivity contribution in [2.45, 2.75) is 64.5 Å². The van der Waals surface area contributed by atoms with Crippen LogP contribution >= 0.6 is 0 Å². The van der Waals surface area contributed by atoms with Gasteiger partial charge in [-0.3, -0.25) is 4.90 Å². The van der Waals surface area contributed by atoms with Crippen LogP contribution in [0.2, 0.25) is 0 Å². The lowest BCUT2D eigenvalue weighted by molar-refractivity contribution is 0.0455. The Morgan fingerprint density at radius 3 is 2.33 bits per heavy atom. The van der Waals surface area contributed by atoms with E-state index in [4.69, 9.17) is 5.73 Å². The molecule has 1 rings (SSSR count). The van der Waals surface area contributed by atoms with Crippen molar-refractivity contribution in [2.75, 3.05) is 13.6 Å². The molecule has 0 bridgehead atoms. The molecule has 15 heavy (non-hydrogen) atoms. The first-order chi connectivity index (χ1) is 7.12. The third kappa shape index (κ3) is 2.21. The van der Waals surface area contributed by atoms with Crippen LogP contribution in [0.4, 0.5) is 0 Å². The standard InChI is InChI=1S/C13H28N2/c1-5-12(6-2)15(4)13(10-14)9-7-8-11(13)3/h11-12H,5-10,14H2,1-4H3. The minimum absolute atomic E-state index is 0.288. The first-order valence-electron chi connectivity index (χ1n) is 6.55. The second-order valence-electron chi connectivity index (χ2n) is 5.18. The summed E-state index contributed by atoms with van der Waals surface area (Å²) in [7, 11) is 2.28. The van der Waals surface area contributed by atoms with E-state index in [-0.39, 0.29) is 5.54 Å². The molecule has 2 atom stereocenters. The Morgan fingerprint density at radius 1 is 1.40 bits per heavy atom. The molecular weight excluding hydrogens is 184 g/mol. The van der Waals surface area contributed by atoms with Crippen LogP contribution < -0.4 is 5.73 Å². The van der Waals surface area contributed by atoms with Crippen LogP contribution in [0.3, 0.4) is 0 Å². The molecule has 2 N–H and O–H groups in total. The highest BCUT2D eigenvalue weighted by atomic mass is 15.2. The van der Waals surface area contributed by atoms with Gasteiger partial charge < -0.3 is 5.73 Å². The van der Waals surface area contributed by atoms with Crippen molar-refractivity contribution < 1.29 is 0 Å². The largest absolute Gasteiger partial charge is 0.329 e. The van der Waals surface area contributed by atoms with Crippen molar-refractivity contribution in [3.05, 3.63) is 0 Å². The van der Waals surface area contributed by atoms with Crippen LogP contribution in [-0.2, 0) is 0 Å². The summed E-state index contributed by atoms with van der Waals surface area (Å²) in [5.41, 5.74) is 6.35. The molecule has 2 heteroatoms. The van der Waals surface area contributed by atoms with Crippen molar-refractivity contribution in [3.63, 3.8) is 0 Å². The fourth-order valence-electron chi connectivity index (χ4n) is 3.40. The van der Waals surface area contributed by atoms with Crippen molar-refractivity contribution in [1.29, 1.82) is 0 Å². The van der Waals surface area contributed by atoms with Gasteiger partial charge in [0.25, 0.3) is 0 Å². The van der Waals surface area contributed by atoms with E-state index in [1.54, 1.807) is 0 Å². The summed E-state index contributed by atoms with van der Waals surface area (Å²) in [6, 6.07) is 0.703. The number of nitrogens with zero attached hydrogens (tertiary/aromatic N) is 1. The Bertz CT molecular complexity index is 189. The van der Waals surface area contributed by atoms with E-state index in [2.05, 4.69) is 32.7 Å². The maximum Gasteiger partial charge on any atom is 0.0357 e. The highest BCUT2D eigenvalue weighted by molar-refractivity contribution is 5.00. The van der Waals surface area contributed by atoms with Crippen LogP contribution in [0.1, 0.15) is 52.9 Å². The second-order valence-corrected chi connectivity index (χ2v) is 5.18. The van der Waals surface area contributed by atoms with Gasteiger partial charge in [0.15, 0.2) is 0 Å². The van der Waals surface area contributed by atoms with Gasteiger partial charge >= 0.3 is 0 Å². The summed E-state index contributed by atoms with van der Waals surface area (Å²) >= 11 is 0. The average Bonchev–Trinajstić information content (AvgIpc) is 2.62. The molecule has 0 aliphatic heterocycles. The summed E-state index contributed by atoms with van der Waals surface area (Å²) in [6.07, 6.45) is 6.46. The third-order valence-electron chi connectivity index (χ3n) is 4.71. The van der Waals surface area contributed by atoms with Gasteiger partial charge in [-0.25, -0.2) is 0 Å². The number of likely N-dealkylation sites (N-methyl/N-ethyl adjacent to an activating group) is 1. The smallest absolute Gasteiger partial charge is 0.0357 e. The van der Waals surface area contributed by atoms with Crippen LogP contribution in [0.25, 0.3) is 0 Å². The third-order valence-corrected chi connectivity index (χ3v) is 4.71. The Morgan fingerprint density at radius 2 is 2.00 bits per heavy atom. The fourth-order valence-corrected chi connectivity index (χ4v) is 3.40. The Balaban J connectivity index is 2.80. The summed E-state index contributed by atoms with van der Waals surface area (Å²) in [5.74, 6) is 0.757. The van der Waals surface area contributed by atoms with Crippen molar-refractivity contribution in [3.8, 4) is 0 Å². The van der Waals surface area contributed by atoms with Gasteiger partial charge in [-0.2, -0.15) is 0 Å². The van der Waals surface area contributed by atoms with Crippen LogP contribution in [-0.4, -0.2) is 30.1 Å². The van der Waals surface area contributed by atoms with Gasteiger partial charge in [0.2, 0.25) is 0 Å². The first kappa shape index (κ1) is 13.0. The predicted octanol–water partition coefficient (Wildman–Crippen LogP) is 2.62. The normalized spacial score (nSPS) is 31.8. The molecule has 2 nitrogen and oxygen atoms in total. The molecule has 0 amide bonds. The molecule has 0 aromatic heterocycles. The van der Waals surface area contributed by atoms with Crippen LogP contribution in [0, 0.1) is 5.92 Å². The van der Waals surface area contributed by atoms with Gasteiger partial charge in [-0.1, -0.05) is 27.2 Å². The Labute approximate surface area is 95.2 Å². The molecule has 90 valence electrons. The SMILES string of the molecule is CCC(CC)N(C)C1(CN)CCCC1C. The average molecular weight is 212 g/mol. The molecule has 0 aromatic carbocycles. The Hall–Kier alpha value is -0.0800. The number of rotatable bonds is 5. The van der Waals surface area contributed by atoms with Gasteiger partial charge in [0.05, 0.1) is 0 Å². The Kier molecular flexibility index (Phi) is 4.60. The van der Waals surface area contributed by atoms with Crippen LogP contribution in [0.15, 0.2) is 0 Å². The lowest BCUT2D eigenvalue weighted by Crippen LogP contribution is -2.57. The zero-order valence-electron chi connectivity index (χ0n) is 10.9. The van der Waals surface area contributed by atoms with E-state index >= 15 is 0 Å². The van der Waals surface area contributed by atoms with Gasteiger partial charge in [0.1, 0.15) is 0 Å². The molecule has 1 aliphatic carbocycles. The van der Waals surface area contributed by atoms with Gasteiger partial charge in [-0.15, -0.1) is 0 Å². The van der Waals surface area contributed by atoms with Crippen LogP contribution in [0.5, 0.6) is 0 Å². The zero-order chi connectivity index (χ0) is 11.5. The maximum atomic E-state index is 6.07. The fraction of sp³-hybridized carbons (Fsp3) is 1.00. The highest BCUT2D eigenvalue weighted by Crippen LogP contribution is 2.40. The number of hydrogen-bond donors (Lipinski definition) is 1. The van der Waals surface area contributed by atoms with E-state index in [1.807, 2.05) is 0 Å². The number of hydrogen-bond acceptors (Lipinski definition) is 2. The summed E-state index contributed by atoms with van der Waals surface area (Å²) in [5, 5.41) is 0. The first-order valence-corrected chi connectivity index (χ1v) is 6.55. The summed E-state index contributed by atoms with van der Waals surface area (Å²) < 4.78 is 0. The summed E-state index contributed by atoms with van der Waals surface area (Å²) in [6.45, 7) is 7.77. The monoisotopic (exact) mass is 212 g/mol. The number of nitrogens with two attached hydrogens (primary N) is 1. The van der Waals surface area contributed by atoms with E-state index in [1.165, 1.54) is 32.1 Å². The predicted molar refractivity (Wildman–Crippen MR) is 66.9 cm³/mol. The van der Waals surface area contributed by atoms with Gasteiger partial charge in [-0.05, 0) is 38.6 Å².